The smallest absolute Gasteiger partial charge is 0.255 e. The Bertz CT molecular complexity index is 944. The number of carbonyl (C=O) groups is 1. The van der Waals surface area contributed by atoms with E-state index in [0.717, 1.165) is 18.4 Å². The van der Waals surface area contributed by atoms with Gasteiger partial charge in [-0.05, 0) is 55.2 Å². The van der Waals surface area contributed by atoms with Crippen LogP contribution >= 0.6 is 0 Å². The SMILES string of the molecule is COc1ccccc1-c1[nH]ncc1C(=O)NCC1CCC(c2ccccc2)CC1. The molecular formula is C24H27N3O2. The van der Waals surface area contributed by atoms with Crippen LogP contribution in [-0.4, -0.2) is 29.8 Å². The number of amides is 1. The molecule has 150 valence electrons. The van der Waals surface area contributed by atoms with Crippen molar-refractivity contribution in [3.8, 4) is 17.0 Å². The number of benzene rings is 2. The van der Waals surface area contributed by atoms with Crippen LogP contribution in [0.2, 0.25) is 0 Å². The first kappa shape index (κ1) is 19.2. The van der Waals surface area contributed by atoms with Crippen molar-refractivity contribution in [2.24, 2.45) is 5.92 Å². The predicted molar refractivity (Wildman–Crippen MR) is 114 cm³/mol. The second kappa shape index (κ2) is 8.95. The highest BCUT2D eigenvalue weighted by molar-refractivity contribution is 6.00. The first-order valence-corrected chi connectivity index (χ1v) is 10.3. The molecule has 0 unspecified atom stereocenters. The van der Waals surface area contributed by atoms with Gasteiger partial charge in [-0.2, -0.15) is 5.10 Å². The summed E-state index contributed by atoms with van der Waals surface area (Å²) >= 11 is 0. The van der Waals surface area contributed by atoms with E-state index in [9.17, 15) is 4.79 Å². The number of para-hydroxylation sites is 1. The van der Waals surface area contributed by atoms with Crippen LogP contribution in [-0.2, 0) is 0 Å². The fraction of sp³-hybridized carbons (Fsp3) is 0.333. The Kier molecular flexibility index (Phi) is 5.94. The van der Waals surface area contributed by atoms with E-state index in [4.69, 9.17) is 4.74 Å². The molecule has 0 spiro atoms. The summed E-state index contributed by atoms with van der Waals surface area (Å²) in [4.78, 5) is 12.8. The lowest BCUT2D eigenvalue weighted by atomic mass is 9.78. The van der Waals surface area contributed by atoms with Gasteiger partial charge in [-0.3, -0.25) is 9.89 Å². The van der Waals surface area contributed by atoms with Crippen molar-refractivity contribution in [1.29, 1.82) is 0 Å². The average Bonchev–Trinajstić information content (AvgIpc) is 3.28. The van der Waals surface area contributed by atoms with Crippen LogP contribution in [0.5, 0.6) is 5.75 Å². The van der Waals surface area contributed by atoms with Crippen LogP contribution in [0, 0.1) is 5.92 Å². The summed E-state index contributed by atoms with van der Waals surface area (Å²) in [5.41, 5.74) is 3.51. The molecule has 3 aromatic rings. The lowest BCUT2D eigenvalue weighted by molar-refractivity contribution is 0.0943. The highest BCUT2D eigenvalue weighted by Gasteiger charge is 2.24. The molecule has 2 N–H and O–H groups in total. The minimum Gasteiger partial charge on any atom is -0.496 e. The summed E-state index contributed by atoms with van der Waals surface area (Å²) in [6.07, 6.45) is 6.24. The van der Waals surface area contributed by atoms with Crippen LogP contribution in [0.25, 0.3) is 11.3 Å². The monoisotopic (exact) mass is 389 g/mol. The number of hydrogen-bond acceptors (Lipinski definition) is 3. The van der Waals surface area contributed by atoms with Gasteiger partial charge in [0.1, 0.15) is 5.75 Å². The minimum absolute atomic E-state index is 0.0927. The molecule has 1 fully saturated rings. The number of nitrogens with zero attached hydrogens (tertiary/aromatic N) is 1. The molecule has 1 aliphatic carbocycles. The van der Waals surface area contributed by atoms with E-state index >= 15 is 0 Å². The molecule has 1 saturated carbocycles. The molecule has 5 heteroatoms. The van der Waals surface area contributed by atoms with E-state index in [1.165, 1.54) is 18.4 Å². The number of aromatic nitrogens is 2. The Morgan fingerprint density at radius 2 is 1.79 bits per heavy atom. The predicted octanol–water partition coefficient (Wildman–Crippen LogP) is 4.79. The molecule has 0 saturated heterocycles. The largest absolute Gasteiger partial charge is 0.496 e. The van der Waals surface area contributed by atoms with Crippen LogP contribution in [0.3, 0.4) is 0 Å². The van der Waals surface area contributed by atoms with E-state index < -0.39 is 0 Å². The standard InChI is InChI=1S/C24H27N3O2/c1-29-22-10-6-5-9-20(22)23-21(16-26-27-23)24(28)25-15-17-11-13-19(14-12-17)18-7-3-2-4-8-18/h2-10,16-17,19H,11-15H2,1H3,(H,25,28)(H,26,27). The Labute approximate surface area is 171 Å². The first-order chi connectivity index (χ1) is 14.3. The van der Waals surface area contributed by atoms with Crippen molar-refractivity contribution in [2.75, 3.05) is 13.7 Å². The second-order valence-corrected chi connectivity index (χ2v) is 7.70. The zero-order valence-corrected chi connectivity index (χ0v) is 16.7. The lowest BCUT2D eigenvalue weighted by Gasteiger charge is -2.29. The van der Waals surface area contributed by atoms with Crippen LogP contribution in [0.4, 0.5) is 0 Å². The topological polar surface area (TPSA) is 67.0 Å². The van der Waals surface area contributed by atoms with E-state index in [2.05, 4.69) is 45.8 Å². The van der Waals surface area contributed by atoms with Crippen molar-refractivity contribution in [3.05, 3.63) is 71.9 Å². The Morgan fingerprint density at radius 3 is 2.55 bits per heavy atom. The number of H-pyrrole nitrogens is 1. The van der Waals surface area contributed by atoms with E-state index in [-0.39, 0.29) is 5.91 Å². The van der Waals surface area contributed by atoms with Gasteiger partial charge in [0.2, 0.25) is 0 Å². The summed E-state index contributed by atoms with van der Waals surface area (Å²) in [6.45, 7) is 0.705. The number of methoxy groups -OCH3 is 1. The van der Waals surface area contributed by atoms with Crippen LogP contribution in [0.15, 0.2) is 60.8 Å². The number of carbonyl (C=O) groups excluding carboxylic acids is 1. The quantitative estimate of drug-likeness (QED) is 0.637. The summed E-state index contributed by atoms with van der Waals surface area (Å²) < 4.78 is 5.43. The molecule has 4 rings (SSSR count). The number of aromatic amines is 1. The maximum atomic E-state index is 12.8. The fourth-order valence-corrected chi connectivity index (χ4v) is 4.27. The maximum absolute atomic E-state index is 12.8. The third-order valence-electron chi connectivity index (χ3n) is 5.93. The Balaban J connectivity index is 1.35. The van der Waals surface area contributed by atoms with Gasteiger partial charge < -0.3 is 10.1 Å². The molecule has 0 radical (unpaired) electrons. The Hall–Kier alpha value is -3.08. The molecule has 1 heterocycles. The minimum atomic E-state index is -0.0927. The number of nitrogens with one attached hydrogen (secondary N) is 2. The van der Waals surface area contributed by atoms with Gasteiger partial charge in [0.25, 0.3) is 5.91 Å². The molecule has 0 atom stereocenters. The summed E-state index contributed by atoms with van der Waals surface area (Å²) in [7, 11) is 1.63. The van der Waals surface area contributed by atoms with Gasteiger partial charge in [0, 0.05) is 12.1 Å². The van der Waals surface area contributed by atoms with Gasteiger partial charge >= 0.3 is 0 Å². The molecule has 1 amide bonds. The van der Waals surface area contributed by atoms with E-state index in [1.807, 2.05) is 24.3 Å². The van der Waals surface area contributed by atoms with Gasteiger partial charge in [0.05, 0.1) is 24.6 Å². The Morgan fingerprint density at radius 1 is 1.07 bits per heavy atom. The number of hydrogen-bond donors (Lipinski definition) is 2. The highest BCUT2D eigenvalue weighted by atomic mass is 16.5. The molecule has 1 aromatic heterocycles. The third kappa shape index (κ3) is 4.34. The number of ether oxygens (including phenoxy) is 1. The summed E-state index contributed by atoms with van der Waals surface area (Å²) in [5.74, 6) is 1.80. The first-order valence-electron chi connectivity index (χ1n) is 10.3. The van der Waals surface area contributed by atoms with Crippen molar-refractivity contribution < 1.29 is 9.53 Å². The molecule has 5 nitrogen and oxygen atoms in total. The lowest BCUT2D eigenvalue weighted by Crippen LogP contribution is -2.31. The summed E-state index contributed by atoms with van der Waals surface area (Å²) in [5, 5.41) is 10.2. The zero-order chi connectivity index (χ0) is 20.1. The van der Waals surface area contributed by atoms with Crippen LogP contribution in [0.1, 0.15) is 47.5 Å². The van der Waals surface area contributed by atoms with E-state index in [0.29, 0.717) is 35.4 Å². The van der Waals surface area contributed by atoms with Gasteiger partial charge in [-0.15, -0.1) is 0 Å². The molecule has 0 bridgehead atoms. The summed E-state index contributed by atoms with van der Waals surface area (Å²) in [6, 6.07) is 18.4. The molecule has 29 heavy (non-hydrogen) atoms. The van der Waals surface area contributed by atoms with Gasteiger partial charge in [-0.25, -0.2) is 0 Å². The van der Waals surface area contributed by atoms with Gasteiger partial charge in [0.15, 0.2) is 0 Å². The normalized spacial score (nSPS) is 18.9. The van der Waals surface area contributed by atoms with Gasteiger partial charge in [-0.1, -0.05) is 42.5 Å². The maximum Gasteiger partial charge on any atom is 0.255 e. The molecule has 0 aliphatic heterocycles. The second-order valence-electron chi connectivity index (χ2n) is 7.70. The fourth-order valence-electron chi connectivity index (χ4n) is 4.27. The third-order valence-corrected chi connectivity index (χ3v) is 5.93. The van der Waals surface area contributed by atoms with Crippen molar-refractivity contribution in [1.82, 2.24) is 15.5 Å². The van der Waals surface area contributed by atoms with Crippen molar-refractivity contribution in [2.45, 2.75) is 31.6 Å². The van der Waals surface area contributed by atoms with Crippen LogP contribution < -0.4 is 10.1 Å². The molecule has 1 aliphatic rings. The zero-order valence-electron chi connectivity index (χ0n) is 16.7. The highest BCUT2D eigenvalue weighted by Crippen LogP contribution is 2.35. The molecular weight excluding hydrogens is 362 g/mol. The van der Waals surface area contributed by atoms with Crippen molar-refractivity contribution >= 4 is 5.91 Å². The molecule has 2 aromatic carbocycles. The van der Waals surface area contributed by atoms with Crippen molar-refractivity contribution in [3.63, 3.8) is 0 Å². The number of rotatable bonds is 6. The van der Waals surface area contributed by atoms with E-state index in [1.54, 1.807) is 13.3 Å². The average molecular weight is 389 g/mol.